The number of thioether (sulfide) groups is 1. The second kappa shape index (κ2) is 8.05. The fourth-order valence-electron chi connectivity index (χ4n) is 3.99. The van der Waals surface area contributed by atoms with Crippen molar-refractivity contribution in [2.24, 2.45) is 0 Å². The second-order valence-electron chi connectivity index (χ2n) is 7.54. The minimum atomic E-state index is -0.0230. The highest BCUT2D eigenvalue weighted by Crippen LogP contribution is 2.31. The zero-order valence-corrected chi connectivity index (χ0v) is 17.7. The summed E-state index contributed by atoms with van der Waals surface area (Å²) in [5.41, 5.74) is 3.13. The number of anilines is 1. The number of hydrogen-bond donors (Lipinski definition) is 0. The van der Waals surface area contributed by atoms with Crippen LogP contribution < -0.4 is 10.3 Å². The molecule has 150 valence electrons. The molecule has 1 aliphatic rings. The summed E-state index contributed by atoms with van der Waals surface area (Å²) in [6.45, 7) is 5.38. The molecule has 6 heteroatoms. The molecular formula is C23H24N2O3S. The van der Waals surface area contributed by atoms with Gasteiger partial charge in [-0.3, -0.25) is 14.5 Å². The Hall–Kier alpha value is -2.57. The van der Waals surface area contributed by atoms with Gasteiger partial charge < -0.3 is 9.32 Å². The van der Waals surface area contributed by atoms with Gasteiger partial charge in [0.1, 0.15) is 5.58 Å². The van der Waals surface area contributed by atoms with E-state index in [1.165, 1.54) is 6.26 Å². The summed E-state index contributed by atoms with van der Waals surface area (Å²) < 4.78 is 5.67. The Morgan fingerprint density at radius 3 is 2.72 bits per heavy atom. The number of hydrogen-bond acceptors (Lipinski definition) is 5. The fourth-order valence-corrected chi connectivity index (χ4v) is 4.58. The summed E-state index contributed by atoms with van der Waals surface area (Å²) in [6.07, 6.45) is 3.55. The molecule has 2 aromatic carbocycles. The first-order valence-corrected chi connectivity index (χ1v) is 10.9. The van der Waals surface area contributed by atoms with Gasteiger partial charge in [-0.2, -0.15) is 0 Å². The number of piperazine rings is 1. The minimum Gasteiger partial charge on any atom is -0.464 e. The standard InChI is InChI=1S/C23H24N2O3S/c1-15-8-9-20-18(10-15)23(27)17(14-28-20)12-24-11-16(2)25(22(26)13-24)19-6-4-5-7-21(19)29-3/h4-10,14,16H,11-13H2,1-3H3/t16-/m1/s1. The molecular weight excluding hydrogens is 384 g/mol. The largest absolute Gasteiger partial charge is 0.464 e. The Bertz CT molecular complexity index is 1120. The predicted molar refractivity (Wildman–Crippen MR) is 118 cm³/mol. The lowest BCUT2D eigenvalue weighted by Crippen LogP contribution is -2.55. The number of para-hydroxylation sites is 1. The molecule has 0 spiro atoms. The maximum absolute atomic E-state index is 13.0. The molecule has 0 aliphatic carbocycles. The molecule has 0 saturated carbocycles. The number of aryl methyl sites for hydroxylation is 1. The third-order valence-electron chi connectivity index (χ3n) is 5.33. The van der Waals surface area contributed by atoms with E-state index < -0.39 is 0 Å². The maximum atomic E-state index is 13.0. The van der Waals surface area contributed by atoms with Crippen LogP contribution in [0.3, 0.4) is 0 Å². The van der Waals surface area contributed by atoms with Crippen LogP contribution in [0.1, 0.15) is 18.1 Å². The zero-order chi connectivity index (χ0) is 20.5. The lowest BCUT2D eigenvalue weighted by atomic mass is 10.1. The lowest BCUT2D eigenvalue weighted by molar-refractivity contribution is -0.122. The monoisotopic (exact) mass is 408 g/mol. The fraction of sp³-hybridized carbons (Fsp3) is 0.304. The molecule has 1 aliphatic heterocycles. The van der Waals surface area contributed by atoms with Crippen molar-refractivity contribution >= 4 is 34.3 Å². The van der Waals surface area contributed by atoms with Gasteiger partial charge in [0.2, 0.25) is 5.91 Å². The van der Waals surface area contributed by atoms with Crippen molar-refractivity contribution in [3.05, 3.63) is 70.1 Å². The highest BCUT2D eigenvalue weighted by molar-refractivity contribution is 7.98. The van der Waals surface area contributed by atoms with Crippen LogP contribution in [0.4, 0.5) is 5.69 Å². The number of carbonyl (C=O) groups excluding carboxylic acids is 1. The molecule has 0 N–H and O–H groups in total. The Morgan fingerprint density at radius 2 is 1.97 bits per heavy atom. The van der Waals surface area contributed by atoms with E-state index in [1.54, 1.807) is 11.8 Å². The van der Waals surface area contributed by atoms with Gasteiger partial charge in [-0.05, 0) is 44.4 Å². The minimum absolute atomic E-state index is 0.0132. The quantitative estimate of drug-likeness (QED) is 0.610. The summed E-state index contributed by atoms with van der Waals surface area (Å²) in [7, 11) is 0. The maximum Gasteiger partial charge on any atom is 0.241 e. The van der Waals surface area contributed by atoms with E-state index in [1.807, 2.05) is 72.4 Å². The average molecular weight is 409 g/mol. The van der Waals surface area contributed by atoms with Crippen molar-refractivity contribution in [1.82, 2.24) is 4.90 Å². The van der Waals surface area contributed by atoms with E-state index in [2.05, 4.69) is 0 Å². The molecule has 1 saturated heterocycles. The highest BCUT2D eigenvalue weighted by atomic mass is 32.2. The molecule has 2 heterocycles. The van der Waals surface area contributed by atoms with Crippen LogP contribution >= 0.6 is 11.8 Å². The summed E-state index contributed by atoms with van der Waals surface area (Å²) in [5.74, 6) is 0.0475. The summed E-state index contributed by atoms with van der Waals surface area (Å²) in [5, 5.41) is 0.592. The molecule has 1 aromatic heterocycles. The van der Waals surface area contributed by atoms with Gasteiger partial charge in [0.05, 0.1) is 23.9 Å². The Labute approximate surface area is 174 Å². The molecule has 1 atom stereocenters. The summed E-state index contributed by atoms with van der Waals surface area (Å²) in [6, 6.07) is 13.6. The molecule has 3 aromatic rings. The van der Waals surface area contributed by atoms with Gasteiger partial charge in [-0.15, -0.1) is 11.8 Å². The van der Waals surface area contributed by atoms with Crippen molar-refractivity contribution in [1.29, 1.82) is 0 Å². The number of rotatable bonds is 4. The first kappa shape index (κ1) is 19.7. The van der Waals surface area contributed by atoms with Gasteiger partial charge in [-0.1, -0.05) is 23.8 Å². The SMILES string of the molecule is CSc1ccccc1N1C(=O)CN(Cc2coc3ccc(C)cc3c2=O)C[C@H]1C. The van der Waals surface area contributed by atoms with E-state index in [-0.39, 0.29) is 23.9 Å². The van der Waals surface area contributed by atoms with Gasteiger partial charge >= 0.3 is 0 Å². The number of benzene rings is 2. The number of carbonyl (C=O) groups is 1. The molecule has 1 amide bonds. The van der Waals surface area contributed by atoms with Crippen LogP contribution in [-0.2, 0) is 11.3 Å². The Kier molecular flexibility index (Phi) is 5.48. The second-order valence-corrected chi connectivity index (χ2v) is 8.39. The Balaban J connectivity index is 1.57. The van der Waals surface area contributed by atoms with Crippen molar-refractivity contribution in [2.45, 2.75) is 31.3 Å². The summed E-state index contributed by atoms with van der Waals surface area (Å²) in [4.78, 5) is 30.9. The number of amides is 1. The molecule has 0 bridgehead atoms. The van der Waals surface area contributed by atoms with Crippen LogP contribution in [0.2, 0.25) is 0 Å². The van der Waals surface area contributed by atoms with Gasteiger partial charge in [0.15, 0.2) is 5.43 Å². The van der Waals surface area contributed by atoms with Crippen molar-refractivity contribution < 1.29 is 9.21 Å². The van der Waals surface area contributed by atoms with Crippen LogP contribution in [0, 0.1) is 6.92 Å². The smallest absolute Gasteiger partial charge is 0.241 e. The van der Waals surface area contributed by atoms with Gasteiger partial charge in [0.25, 0.3) is 0 Å². The average Bonchev–Trinajstić information content (AvgIpc) is 2.70. The molecule has 5 nitrogen and oxygen atoms in total. The highest BCUT2D eigenvalue weighted by Gasteiger charge is 2.32. The lowest BCUT2D eigenvalue weighted by Gasteiger charge is -2.40. The van der Waals surface area contributed by atoms with Crippen LogP contribution in [0.5, 0.6) is 0 Å². The zero-order valence-electron chi connectivity index (χ0n) is 16.8. The molecule has 29 heavy (non-hydrogen) atoms. The van der Waals surface area contributed by atoms with E-state index in [0.717, 1.165) is 16.1 Å². The molecule has 0 unspecified atom stereocenters. The molecule has 4 rings (SSSR count). The van der Waals surface area contributed by atoms with E-state index in [9.17, 15) is 9.59 Å². The first-order valence-electron chi connectivity index (χ1n) is 9.66. The van der Waals surface area contributed by atoms with E-state index in [4.69, 9.17) is 4.42 Å². The predicted octanol–water partition coefficient (Wildman–Crippen LogP) is 4.06. The van der Waals surface area contributed by atoms with Crippen molar-refractivity contribution in [2.75, 3.05) is 24.2 Å². The third-order valence-corrected chi connectivity index (χ3v) is 6.11. The number of nitrogens with zero attached hydrogens (tertiary/aromatic N) is 2. The molecule has 0 radical (unpaired) electrons. The third kappa shape index (κ3) is 3.82. The van der Waals surface area contributed by atoms with Crippen LogP contribution in [0.25, 0.3) is 11.0 Å². The van der Waals surface area contributed by atoms with Gasteiger partial charge in [-0.25, -0.2) is 0 Å². The topological polar surface area (TPSA) is 53.8 Å². The molecule has 1 fully saturated rings. The first-order chi connectivity index (χ1) is 14.0. The van der Waals surface area contributed by atoms with Crippen molar-refractivity contribution in [3.63, 3.8) is 0 Å². The summed E-state index contributed by atoms with van der Waals surface area (Å²) >= 11 is 1.64. The van der Waals surface area contributed by atoms with Gasteiger partial charge in [0, 0.05) is 29.6 Å². The van der Waals surface area contributed by atoms with E-state index in [0.29, 0.717) is 29.6 Å². The number of fused-ring (bicyclic) bond motifs is 1. The normalized spacial score (nSPS) is 17.8. The van der Waals surface area contributed by atoms with Crippen molar-refractivity contribution in [3.8, 4) is 0 Å². The van der Waals surface area contributed by atoms with Crippen LogP contribution in [-0.4, -0.2) is 36.2 Å². The van der Waals surface area contributed by atoms with E-state index >= 15 is 0 Å². The Morgan fingerprint density at radius 1 is 1.17 bits per heavy atom. The van der Waals surface area contributed by atoms with Crippen LogP contribution in [0.15, 0.2) is 62.8 Å².